The van der Waals surface area contributed by atoms with Crippen molar-refractivity contribution in [3.63, 3.8) is 0 Å². The Hall–Kier alpha value is -3.04. The number of aromatic nitrogens is 5. The second-order valence-corrected chi connectivity index (χ2v) is 8.48. The molecule has 0 atom stereocenters. The SMILES string of the molecule is c1ccc2sc(Oc3ccc(OCCCn4nnc(C5CCNCC5)n4)cc3)nc2c1. The highest BCUT2D eigenvalue weighted by molar-refractivity contribution is 7.20. The molecule has 8 nitrogen and oxygen atoms in total. The highest BCUT2D eigenvalue weighted by atomic mass is 32.1. The number of nitrogens with one attached hydrogen (secondary N) is 1. The monoisotopic (exact) mass is 436 g/mol. The lowest BCUT2D eigenvalue weighted by Crippen LogP contribution is -2.27. The zero-order valence-corrected chi connectivity index (χ0v) is 17.9. The zero-order chi connectivity index (χ0) is 20.9. The molecule has 0 saturated carbocycles. The van der Waals surface area contributed by atoms with E-state index in [2.05, 4.69) is 25.7 Å². The summed E-state index contributed by atoms with van der Waals surface area (Å²) < 4.78 is 12.8. The molecule has 4 aromatic rings. The van der Waals surface area contributed by atoms with Crippen LogP contribution >= 0.6 is 11.3 Å². The summed E-state index contributed by atoms with van der Waals surface area (Å²) in [6.45, 7) is 3.33. The molecule has 1 saturated heterocycles. The van der Waals surface area contributed by atoms with E-state index in [0.717, 1.165) is 59.9 Å². The van der Waals surface area contributed by atoms with Crippen LogP contribution in [0.15, 0.2) is 48.5 Å². The van der Waals surface area contributed by atoms with Crippen LogP contribution in [0.3, 0.4) is 0 Å². The summed E-state index contributed by atoms with van der Waals surface area (Å²) in [4.78, 5) is 6.17. The third-order valence-electron chi connectivity index (χ3n) is 5.25. The van der Waals surface area contributed by atoms with Gasteiger partial charge in [0.25, 0.3) is 5.19 Å². The van der Waals surface area contributed by atoms with Gasteiger partial charge in [0.1, 0.15) is 11.5 Å². The molecule has 0 unspecified atom stereocenters. The molecule has 2 aromatic heterocycles. The molecule has 1 fully saturated rings. The van der Waals surface area contributed by atoms with E-state index in [0.29, 0.717) is 24.3 Å². The van der Waals surface area contributed by atoms with E-state index in [1.165, 1.54) is 11.3 Å². The lowest BCUT2D eigenvalue weighted by molar-refractivity contribution is 0.292. The van der Waals surface area contributed by atoms with Crippen molar-refractivity contribution in [2.75, 3.05) is 19.7 Å². The molecule has 0 aliphatic carbocycles. The van der Waals surface area contributed by atoms with Gasteiger partial charge in [-0.05, 0) is 67.5 Å². The first-order valence-corrected chi connectivity index (χ1v) is 11.4. The largest absolute Gasteiger partial charge is 0.494 e. The number of tetrazole rings is 1. The predicted octanol–water partition coefficient (Wildman–Crippen LogP) is 4.01. The van der Waals surface area contributed by atoms with Gasteiger partial charge < -0.3 is 14.8 Å². The van der Waals surface area contributed by atoms with Gasteiger partial charge in [0.2, 0.25) is 0 Å². The third kappa shape index (κ3) is 5.00. The van der Waals surface area contributed by atoms with Crippen LogP contribution in [0.5, 0.6) is 16.7 Å². The molecule has 0 bridgehead atoms. The van der Waals surface area contributed by atoms with E-state index in [1.54, 1.807) is 4.80 Å². The minimum absolute atomic E-state index is 0.426. The summed E-state index contributed by atoms with van der Waals surface area (Å²) >= 11 is 1.53. The van der Waals surface area contributed by atoms with Gasteiger partial charge in [-0.1, -0.05) is 23.5 Å². The fraction of sp³-hybridized carbons (Fsp3) is 0.364. The number of hydrogen-bond acceptors (Lipinski definition) is 8. The summed E-state index contributed by atoms with van der Waals surface area (Å²) in [5.74, 6) is 2.84. The average Bonchev–Trinajstić information content (AvgIpc) is 3.45. The minimum Gasteiger partial charge on any atom is -0.494 e. The van der Waals surface area contributed by atoms with Crippen molar-refractivity contribution in [2.45, 2.75) is 31.7 Å². The van der Waals surface area contributed by atoms with Crippen molar-refractivity contribution in [1.82, 2.24) is 30.5 Å². The molecule has 1 aliphatic rings. The third-order valence-corrected chi connectivity index (χ3v) is 6.16. The Labute approximate surface area is 184 Å². The molecule has 0 radical (unpaired) electrons. The second-order valence-electron chi connectivity index (χ2n) is 7.49. The number of rotatable bonds is 8. The minimum atomic E-state index is 0.426. The molecule has 31 heavy (non-hydrogen) atoms. The summed E-state index contributed by atoms with van der Waals surface area (Å²) in [6.07, 6.45) is 2.97. The Kier molecular flexibility index (Phi) is 6.03. The number of para-hydroxylation sites is 1. The van der Waals surface area contributed by atoms with Crippen molar-refractivity contribution in [2.24, 2.45) is 0 Å². The number of nitrogens with zero attached hydrogens (tertiary/aromatic N) is 5. The molecule has 9 heteroatoms. The van der Waals surface area contributed by atoms with Crippen LogP contribution < -0.4 is 14.8 Å². The Balaban J connectivity index is 1.08. The first-order valence-electron chi connectivity index (χ1n) is 10.6. The van der Waals surface area contributed by atoms with Crippen molar-refractivity contribution in [3.8, 4) is 16.7 Å². The Morgan fingerprint density at radius 2 is 1.84 bits per heavy atom. The van der Waals surface area contributed by atoms with Gasteiger partial charge in [0.15, 0.2) is 5.82 Å². The van der Waals surface area contributed by atoms with Crippen LogP contribution in [0.25, 0.3) is 10.2 Å². The van der Waals surface area contributed by atoms with Gasteiger partial charge in [0, 0.05) is 12.3 Å². The molecule has 0 spiro atoms. The second kappa shape index (κ2) is 9.40. The molecule has 160 valence electrons. The molecular formula is C22H24N6O2S. The maximum Gasteiger partial charge on any atom is 0.279 e. The van der Waals surface area contributed by atoms with Gasteiger partial charge in [-0.2, -0.15) is 4.80 Å². The molecule has 2 aromatic carbocycles. The highest BCUT2D eigenvalue weighted by Gasteiger charge is 2.19. The van der Waals surface area contributed by atoms with Crippen molar-refractivity contribution < 1.29 is 9.47 Å². The van der Waals surface area contributed by atoms with E-state index in [1.807, 2.05) is 48.5 Å². The van der Waals surface area contributed by atoms with Gasteiger partial charge in [-0.25, -0.2) is 4.98 Å². The van der Waals surface area contributed by atoms with Crippen LogP contribution in [0.4, 0.5) is 0 Å². The quantitative estimate of drug-likeness (QED) is 0.418. The summed E-state index contributed by atoms with van der Waals surface area (Å²) in [6, 6.07) is 15.6. The topological polar surface area (TPSA) is 87.0 Å². The molecule has 1 N–H and O–H groups in total. The van der Waals surface area contributed by atoms with Gasteiger partial charge in [-0.3, -0.25) is 0 Å². The van der Waals surface area contributed by atoms with E-state index in [4.69, 9.17) is 9.47 Å². The normalized spacial score (nSPS) is 14.7. The predicted molar refractivity (Wildman–Crippen MR) is 119 cm³/mol. The fourth-order valence-electron chi connectivity index (χ4n) is 3.59. The Morgan fingerprint density at radius 3 is 2.68 bits per heavy atom. The summed E-state index contributed by atoms with van der Waals surface area (Å²) in [7, 11) is 0. The number of ether oxygens (including phenoxy) is 2. The van der Waals surface area contributed by atoms with Crippen LogP contribution in [-0.4, -0.2) is 44.9 Å². The maximum atomic E-state index is 5.88. The van der Waals surface area contributed by atoms with E-state index < -0.39 is 0 Å². The van der Waals surface area contributed by atoms with E-state index in [-0.39, 0.29) is 0 Å². The Morgan fingerprint density at radius 1 is 1.03 bits per heavy atom. The van der Waals surface area contributed by atoms with Crippen LogP contribution in [-0.2, 0) is 6.54 Å². The lowest BCUT2D eigenvalue weighted by atomic mass is 9.98. The molecule has 3 heterocycles. The number of hydrogen-bond donors (Lipinski definition) is 1. The van der Waals surface area contributed by atoms with E-state index >= 15 is 0 Å². The van der Waals surface area contributed by atoms with Crippen molar-refractivity contribution in [1.29, 1.82) is 0 Å². The summed E-state index contributed by atoms with van der Waals surface area (Å²) in [5.41, 5.74) is 0.951. The molecule has 1 aliphatic heterocycles. The number of benzene rings is 2. The van der Waals surface area contributed by atoms with Crippen molar-refractivity contribution in [3.05, 3.63) is 54.4 Å². The van der Waals surface area contributed by atoms with Crippen LogP contribution in [0.1, 0.15) is 31.0 Å². The fourth-order valence-corrected chi connectivity index (χ4v) is 4.42. The molecule has 5 rings (SSSR count). The molecular weight excluding hydrogens is 412 g/mol. The van der Waals surface area contributed by atoms with Gasteiger partial charge >= 0.3 is 0 Å². The number of fused-ring (bicyclic) bond motifs is 1. The van der Waals surface area contributed by atoms with Gasteiger partial charge in [0.05, 0.1) is 23.4 Å². The average molecular weight is 437 g/mol. The van der Waals surface area contributed by atoms with Gasteiger partial charge in [-0.15, -0.1) is 10.2 Å². The smallest absolute Gasteiger partial charge is 0.279 e. The maximum absolute atomic E-state index is 5.88. The number of thiazole rings is 1. The first kappa shape index (κ1) is 19.9. The van der Waals surface area contributed by atoms with Crippen LogP contribution in [0, 0.1) is 0 Å². The van der Waals surface area contributed by atoms with Crippen LogP contribution in [0.2, 0.25) is 0 Å². The number of aryl methyl sites for hydroxylation is 1. The highest BCUT2D eigenvalue weighted by Crippen LogP contribution is 2.31. The van der Waals surface area contributed by atoms with E-state index in [9.17, 15) is 0 Å². The zero-order valence-electron chi connectivity index (χ0n) is 17.1. The molecule has 0 amide bonds. The summed E-state index contributed by atoms with van der Waals surface area (Å²) in [5, 5.41) is 16.9. The first-order chi connectivity index (χ1) is 15.3. The lowest BCUT2D eigenvalue weighted by Gasteiger charge is -2.19. The Bertz CT molecular complexity index is 1090. The van der Waals surface area contributed by atoms with Crippen molar-refractivity contribution >= 4 is 21.6 Å². The number of piperidine rings is 1. The standard InChI is InChI=1S/C22H24N6O2S/c1-2-5-20-19(4-1)24-22(31-20)30-18-8-6-17(7-9-18)29-15-3-14-28-26-21(25-27-28)16-10-12-23-13-11-16/h1-2,4-9,16,23H,3,10-15H2.